The lowest BCUT2D eigenvalue weighted by Gasteiger charge is -2.22. The van der Waals surface area contributed by atoms with Crippen molar-refractivity contribution in [3.63, 3.8) is 0 Å². The van der Waals surface area contributed by atoms with Crippen molar-refractivity contribution in [2.45, 2.75) is 66.6 Å². The van der Waals surface area contributed by atoms with Gasteiger partial charge in [0.25, 0.3) is 0 Å². The molecular formula is C26H31S+. The Labute approximate surface area is 168 Å². The van der Waals surface area contributed by atoms with Crippen molar-refractivity contribution >= 4 is 10.9 Å². The maximum Gasteiger partial charge on any atom is 0.166 e. The minimum Gasteiger partial charge on any atom is -0.0683 e. The van der Waals surface area contributed by atoms with Gasteiger partial charge in [-0.15, -0.1) is 0 Å². The molecule has 1 aliphatic carbocycles. The van der Waals surface area contributed by atoms with Gasteiger partial charge in [0.2, 0.25) is 0 Å². The summed E-state index contributed by atoms with van der Waals surface area (Å²) in [5.74, 6) is 0.776. The maximum atomic E-state index is 2.39. The molecule has 0 spiro atoms. The fraction of sp³-hybridized carbons (Fsp3) is 0.308. The van der Waals surface area contributed by atoms with E-state index in [1.54, 1.807) is 0 Å². The Bertz CT molecular complexity index is 732. The zero-order chi connectivity index (χ0) is 18.9. The highest BCUT2D eigenvalue weighted by Gasteiger charge is 2.28. The van der Waals surface area contributed by atoms with Crippen molar-refractivity contribution in [3.8, 4) is 0 Å². The first-order chi connectivity index (χ1) is 13.4. The van der Waals surface area contributed by atoms with Crippen LogP contribution in [0.15, 0.2) is 99.6 Å². The summed E-state index contributed by atoms with van der Waals surface area (Å²) in [4.78, 5) is 4.19. The number of hydrogen-bond donors (Lipinski definition) is 0. The molecule has 0 heterocycles. The summed E-state index contributed by atoms with van der Waals surface area (Å²) in [7, 11) is -0.0278. The average Bonchev–Trinajstić information content (AvgIpc) is 2.78. The van der Waals surface area contributed by atoms with Gasteiger partial charge in [0.1, 0.15) is 0 Å². The minimum atomic E-state index is -0.0278. The van der Waals surface area contributed by atoms with E-state index in [-0.39, 0.29) is 10.9 Å². The molecular weight excluding hydrogens is 344 g/mol. The third-order valence-corrected chi connectivity index (χ3v) is 7.38. The number of rotatable bonds is 4. The number of hydrogen-bond acceptors (Lipinski definition) is 0. The van der Waals surface area contributed by atoms with Gasteiger partial charge in [0.15, 0.2) is 14.7 Å². The first-order valence-electron chi connectivity index (χ1n) is 10.4. The van der Waals surface area contributed by atoms with E-state index in [0.717, 1.165) is 5.92 Å². The Balaban J connectivity index is 0.00000102. The Morgan fingerprint density at radius 2 is 1.00 bits per heavy atom. The van der Waals surface area contributed by atoms with Crippen LogP contribution in [0.25, 0.3) is 0 Å². The second-order valence-corrected chi connectivity index (χ2v) is 8.86. The van der Waals surface area contributed by atoms with Crippen LogP contribution in [0.5, 0.6) is 0 Å². The highest BCUT2D eigenvalue weighted by molar-refractivity contribution is 7.97. The molecule has 0 N–H and O–H groups in total. The van der Waals surface area contributed by atoms with Crippen molar-refractivity contribution in [3.05, 3.63) is 90.5 Å². The van der Waals surface area contributed by atoms with Gasteiger partial charge in [-0.3, -0.25) is 0 Å². The Morgan fingerprint density at radius 1 is 0.556 bits per heavy atom. The lowest BCUT2D eigenvalue weighted by atomic mass is 9.84. The van der Waals surface area contributed by atoms with Crippen LogP contribution < -0.4 is 0 Å². The lowest BCUT2D eigenvalue weighted by molar-refractivity contribution is 0.443. The van der Waals surface area contributed by atoms with E-state index in [4.69, 9.17) is 0 Å². The van der Waals surface area contributed by atoms with Crippen LogP contribution in [-0.2, 0) is 10.9 Å². The second kappa shape index (κ2) is 10.4. The van der Waals surface area contributed by atoms with Crippen LogP contribution >= 0.6 is 0 Å². The van der Waals surface area contributed by atoms with Gasteiger partial charge in [-0.1, -0.05) is 81.6 Å². The van der Waals surface area contributed by atoms with E-state index < -0.39 is 0 Å². The minimum absolute atomic E-state index is 0.0278. The summed E-state index contributed by atoms with van der Waals surface area (Å²) in [6.07, 6.45) is 6.93. The molecule has 0 radical (unpaired) electrons. The molecule has 1 heteroatoms. The first kappa shape index (κ1) is 19.8. The Morgan fingerprint density at radius 3 is 1.48 bits per heavy atom. The smallest absolute Gasteiger partial charge is 0.0683 e. The van der Waals surface area contributed by atoms with Gasteiger partial charge in [-0.25, -0.2) is 0 Å². The normalized spacial score (nSPS) is 14.5. The molecule has 0 aromatic heterocycles. The molecule has 0 nitrogen and oxygen atoms in total. The van der Waals surface area contributed by atoms with Crippen LogP contribution in [0.2, 0.25) is 0 Å². The summed E-state index contributed by atoms with van der Waals surface area (Å²) in [6.45, 7) is 4.00. The molecule has 1 saturated carbocycles. The molecule has 1 aliphatic rings. The van der Waals surface area contributed by atoms with Gasteiger partial charge >= 0.3 is 0 Å². The number of benzene rings is 3. The predicted octanol–water partition coefficient (Wildman–Crippen LogP) is 7.86. The summed E-state index contributed by atoms with van der Waals surface area (Å²) < 4.78 is 0. The van der Waals surface area contributed by atoms with Crippen LogP contribution in [0.3, 0.4) is 0 Å². The van der Waals surface area contributed by atoms with E-state index in [1.807, 2.05) is 13.8 Å². The van der Waals surface area contributed by atoms with E-state index in [0.29, 0.717) is 0 Å². The third-order valence-electron chi connectivity index (χ3n) is 5.15. The molecule has 0 unspecified atom stereocenters. The zero-order valence-corrected chi connectivity index (χ0v) is 17.4. The molecule has 0 aliphatic heterocycles. The second-order valence-electron chi connectivity index (χ2n) is 6.84. The average molecular weight is 376 g/mol. The Kier molecular flexibility index (Phi) is 7.59. The van der Waals surface area contributed by atoms with Crippen molar-refractivity contribution in [1.29, 1.82) is 0 Å². The fourth-order valence-corrected chi connectivity index (χ4v) is 5.92. The van der Waals surface area contributed by atoms with Crippen LogP contribution in [0, 0.1) is 0 Å². The summed E-state index contributed by atoms with van der Waals surface area (Å²) in [5.41, 5.74) is 1.54. The van der Waals surface area contributed by atoms with Gasteiger partial charge in [-0.05, 0) is 60.7 Å². The maximum absolute atomic E-state index is 2.39. The summed E-state index contributed by atoms with van der Waals surface area (Å²) in [6, 6.07) is 31.3. The molecule has 3 aromatic carbocycles. The van der Waals surface area contributed by atoms with Gasteiger partial charge in [0, 0.05) is 0 Å². The van der Waals surface area contributed by atoms with Crippen molar-refractivity contribution in [1.82, 2.24) is 0 Å². The van der Waals surface area contributed by atoms with Gasteiger partial charge in [0.05, 0.1) is 10.9 Å². The molecule has 1 fully saturated rings. The molecule has 4 rings (SSSR count). The van der Waals surface area contributed by atoms with Crippen LogP contribution in [0.1, 0.15) is 57.4 Å². The zero-order valence-electron chi connectivity index (χ0n) is 16.6. The van der Waals surface area contributed by atoms with E-state index >= 15 is 0 Å². The topological polar surface area (TPSA) is 0 Å². The largest absolute Gasteiger partial charge is 0.166 e. The van der Waals surface area contributed by atoms with Crippen LogP contribution in [0.4, 0.5) is 0 Å². The molecule has 0 saturated heterocycles. The fourth-order valence-electron chi connectivity index (χ4n) is 3.83. The molecule has 140 valence electrons. The molecule has 3 aromatic rings. The van der Waals surface area contributed by atoms with Crippen molar-refractivity contribution in [2.24, 2.45) is 0 Å². The quantitative estimate of drug-likeness (QED) is 0.407. The summed E-state index contributed by atoms with van der Waals surface area (Å²) in [5, 5.41) is 0. The first-order valence-corrected chi connectivity index (χ1v) is 11.6. The Hall–Kier alpha value is -1.99. The predicted molar refractivity (Wildman–Crippen MR) is 119 cm³/mol. The van der Waals surface area contributed by atoms with Gasteiger partial charge in [-0.2, -0.15) is 0 Å². The third kappa shape index (κ3) is 5.05. The monoisotopic (exact) mass is 375 g/mol. The highest BCUT2D eigenvalue weighted by atomic mass is 32.2. The van der Waals surface area contributed by atoms with E-state index in [1.165, 1.54) is 52.4 Å². The van der Waals surface area contributed by atoms with Gasteiger partial charge < -0.3 is 0 Å². The van der Waals surface area contributed by atoms with Crippen molar-refractivity contribution < 1.29 is 0 Å². The molecule has 0 amide bonds. The highest BCUT2D eigenvalue weighted by Crippen LogP contribution is 2.35. The molecule has 0 bridgehead atoms. The molecule has 27 heavy (non-hydrogen) atoms. The SMILES string of the molecule is CC.c1ccc([S+](c2ccccc2)c2ccc(C3CCCCC3)cc2)cc1. The standard InChI is InChI=1S/C24H25S.C2H6/c1-4-10-20(11-5-1)21-16-18-24(19-17-21)25(22-12-6-2-7-13-22)23-14-8-3-9-15-23;1-2/h2-3,6-9,12-20H,1,4-5,10-11H2;1-2H3/q+1;. The van der Waals surface area contributed by atoms with E-state index in [2.05, 4.69) is 84.9 Å². The van der Waals surface area contributed by atoms with Crippen LogP contribution in [-0.4, -0.2) is 0 Å². The molecule has 0 atom stereocenters. The van der Waals surface area contributed by atoms with E-state index in [9.17, 15) is 0 Å². The lowest BCUT2D eigenvalue weighted by Crippen LogP contribution is -2.07. The van der Waals surface area contributed by atoms with Crippen molar-refractivity contribution in [2.75, 3.05) is 0 Å². The summed E-state index contributed by atoms with van der Waals surface area (Å²) >= 11 is 0.